The monoisotopic (exact) mass is 343 g/mol. The van der Waals surface area contributed by atoms with Crippen molar-refractivity contribution >= 4 is 0 Å². The van der Waals surface area contributed by atoms with Crippen LogP contribution in [0.15, 0.2) is 54.7 Å². The van der Waals surface area contributed by atoms with Gasteiger partial charge >= 0.3 is 0 Å². The molecule has 0 fully saturated rings. The summed E-state index contributed by atoms with van der Waals surface area (Å²) in [5.41, 5.74) is 10.2. The summed E-state index contributed by atoms with van der Waals surface area (Å²) in [5.74, 6) is -0.593. The van der Waals surface area contributed by atoms with Crippen LogP contribution in [0.3, 0.4) is 0 Å². The van der Waals surface area contributed by atoms with Gasteiger partial charge in [-0.05, 0) is 52.3 Å². The van der Waals surface area contributed by atoms with Gasteiger partial charge in [0.25, 0.3) is 0 Å². The van der Waals surface area contributed by atoms with E-state index in [-0.39, 0.29) is 5.41 Å². The molecule has 1 aliphatic carbocycles. The van der Waals surface area contributed by atoms with Crippen LogP contribution in [0.5, 0.6) is 0 Å². The lowest BCUT2D eigenvalue weighted by molar-refractivity contribution is -0.660. The van der Waals surface area contributed by atoms with Crippen molar-refractivity contribution in [2.24, 2.45) is 7.05 Å². The van der Waals surface area contributed by atoms with Crippen molar-refractivity contribution in [3.8, 4) is 22.4 Å². The Hall–Kier alpha value is -2.41. The van der Waals surface area contributed by atoms with Crippen molar-refractivity contribution in [3.05, 3.63) is 77.0 Å². The van der Waals surface area contributed by atoms with E-state index in [1.807, 2.05) is 13.8 Å². The zero-order chi connectivity index (χ0) is 19.6. The summed E-state index contributed by atoms with van der Waals surface area (Å²) in [6, 6.07) is 17.5. The second-order valence-electron chi connectivity index (χ2n) is 8.26. The quantitative estimate of drug-likeness (QED) is 0.509. The molecule has 1 nitrogen and oxygen atoms in total. The van der Waals surface area contributed by atoms with E-state index in [2.05, 4.69) is 87.1 Å². The van der Waals surface area contributed by atoms with Gasteiger partial charge in [0.05, 0.1) is 5.56 Å². The third kappa shape index (κ3) is 2.34. The van der Waals surface area contributed by atoms with Crippen molar-refractivity contribution in [2.45, 2.75) is 45.9 Å². The van der Waals surface area contributed by atoms with Gasteiger partial charge in [-0.2, -0.15) is 0 Å². The second kappa shape index (κ2) is 5.81. The van der Waals surface area contributed by atoms with Gasteiger partial charge < -0.3 is 0 Å². The van der Waals surface area contributed by atoms with Crippen LogP contribution in [-0.4, -0.2) is 0 Å². The van der Waals surface area contributed by atoms with E-state index in [0.717, 1.165) is 5.56 Å². The first-order valence-electron chi connectivity index (χ1n) is 9.87. The minimum Gasteiger partial charge on any atom is -0.201 e. The topological polar surface area (TPSA) is 3.88 Å². The highest BCUT2D eigenvalue weighted by molar-refractivity contribution is 5.88. The molecule has 1 heterocycles. The Bertz CT molecular complexity index is 1050. The van der Waals surface area contributed by atoms with Gasteiger partial charge in [-0.25, -0.2) is 4.57 Å². The van der Waals surface area contributed by atoms with Gasteiger partial charge in [0.1, 0.15) is 7.05 Å². The maximum atomic E-state index is 8.46. The van der Waals surface area contributed by atoms with Gasteiger partial charge in [-0.1, -0.05) is 58.0 Å². The van der Waals surface area contributed by atoms with Crippen LogP contribution in [0.2, 0.25) is 0 Å². The fourth-order valence-electron chi connectivity index (χ4n) is 4.44. The Kier molecular flexibility index (Phi) is 3.53. The standard InChI is InChI=1S/C25H28N/c1-16(2)18-11-13-19-20-12-10-17(3)23(22-9-7-8-14-26(22)6)24(20)25(4,5)21(19)15-18/h7-16H,1-6H3/q+1/i16D. The van der Waals surface area contributed by atoms with E-state index in [0.29, 0.717) is 0 Å². The number of pyridine rings is 1. The van der Waals surface area contributed by atoms with E-state index in [9.17, 15) is 0 Å². The average Bonchev–Trinajstić information content (AvgIpc) is 2.83. The molecule has 1 aromatic heterocycles. The van der Waals surface area contributed by atoms with Gasteiger partial charge in [-0.3, -0.25) is 0 Å². The van der Waals surface area contributed by atoms with E-state index in [1.54, 1.807) is 0 Å². The van der Waals surface area contributed by atoms with Crippen LogP contribution < -0.4 is 4.57 Å². The Morgan fingerprint density at radius 2 is 1.73 bits per heavy atom. The molecule has 0 bridgehead atoms. The highest BCUT2D eigenvalue weighted by atomic mass is 14.9. The molecular weight excluding hydrogens is 314 g/mol. The third-order valence-corrected chi connectivity index (χ3v) is 5.91. The number of hydrogen-bond donors (Lipinski definition) is 0. The van der Waals surface area contributed by atoms with E-state index in [4.69, 9.17) is 1.37 Å². The molecular formula is C25H28N+. The maximum absolute atomic E-state index is 8.46. The third-order valence-electron chi connectivity index (χ3n) is 5.91. The van der Waals surface area contributed by atoms with E-state index >= 15 is 0 Å². The predicted octanol–water partition coefficient (Wildman–Crippen LogP) is 5.92. The molecule has 0 unspecified atom stereocenters. The lowest BCUT2D eigenvalue weighted by Gasteiger charge is -2.25. The molecule has 26 heavy (non-hydrogen) atoms. The Morgan fingerprint density at radius 3 is 2.42 bits per heavy atom. The molecule has 132 valence electrons. The summed E-state index contributed by atoms with van der Waals surface area (Å²) in [7, 11) is 2.12. The molecule has 0 radical (unpaired) electrons. The van der Waals surface area contributed by atoms with Gasteiger partial charge in [-0.15, -0.1) is 0 Å². The summed E-state index contributed by atoms with van der Waals surface area (Å²) in [6.07, 6.45) is 2.12. The van der Waals surface area contributed by atoms with Crippen molar-refractivity contribution < 1.29 is 5.94 Å². The fourth-order valence-corrected chi connectivity index (χ4v) is 4.44. The van der Waals surface area contributed by atoms with Crippen LogP contribution in [0, 0.1) is 6.92 Å². The number of fused-ring (bicyclic) bond motifs is 3. The lowest BCUT2D eigenvalue weighted by atomic mass is 9.77. The van der Waals surface area contributed by atoms with Crippen LogP contribution >= 0.6 is 0 Å². The van der Waals surface area contributed by atoms with Crippen LogP contribution in [-0.2, 0) is 12.5 Å². The number of hydrogen-bond acceptors (Lipinski definition) is 0. The first-order valence-corrected chi connectivity index (χ1v) is 9.37. The molecule has 1 heteroatoms. The van der Waals surface area contributed by atoms with Crippen LogP contribution in [0.4, 0.5) is 0 Å². The largest absolute Gasteiger partial charge is 0.212 e. The molecule has 2 aromatic carbocycles. The fraction of sp³-hybridized carbons (Fsp3) is 0.320. The highest BCUT2D eigenvalue weighted by Crippen LogP contribution is 2.53. The van der Waals surface area contributed by atoms with Crippen LogP contribution in [0.25, 0.3) is 22.4 Å². The average molecular weight is 344 g/mol. The second-order valence-corrected chi connectivity index (χ2v) is 8.26. The summed E-state index contributed by atoms with van der Waals surface area (Å²) in [6.45, 7) is 10.8. The molecule has 4 rings (SSSR count). The molecule has 0 aliphatic heterocycles. The van der Waals surface area contributed by atoms with Crippen molar-refractivity contribution in [1.29, 1.82) is 0 Å². The maximum Gasteiger partial charge on any atom is 0.212 e. The summed E-state index contributed by atoms with van der Waals surface area (Å²) < 4.78 is 10.7. The van der Waals surface area contributed by atoms with E-state index in [1.165, 1.54) is 39.1 Å². The molecule has 1 aliphatic rings. The first-order chi connectivity index (χ1) is 12.6. The zero-order valence-corrected chi connectivity index (χ0v) is 16.6. The minimum atomic E-state index is -0.593. The van der Waals surface area contributed by atoms with E-state index < -0.39 is 5.89 Å². The Morgan fingerprint density at radius 1 is 1.00 bits per heavy atom. The van der Waals surface area contributed by atoms with Crippen molar-refractivity contribution in [2.75, 3.05) is 0 Å². The normalized spacial score (nSPS) is 15.4. The smallest absolute Gasteiger partial charge is 0.201 e. The molecule has 0 amide bonds. The molecule has 0 saturated heterocycles. The number of benzene rings is 2. The number of rotatable bonds is 2. The van der Waals surface area contributed by atoms with Gasteiger partial charge in [0.2, 0.25) is 5.69 Å². The minimum absolute atomic E-state index is 0.101. The molecule has 0 saturated carbocycles. The number of aromatic nitrogens is 1. The summed E-state index contributed by atoms with van der Waals surface area (Å²) >= 11 is 0. The SMILES string of the molecule is [2H]C(C)(C)c1ccc2c(c1)C(C)(C)c1c-2ccc(C)c1-c1cccc[n+]1C. The number of aryl methyl sites for hydroxylation is 2. The predicted molar refractivity (Wildman–Crippen MR) is 109 cm³/mol. The summed E-state index contributed by atoms with van der Waals surface area (Å²) in [4.78, 5) is 0. The van der Waals surface area contributed by atoms with Gasteiger partial charge in [0.15, 0.2) is 6.20 Å². The zero-order valence-electron chi connectivity index (χ0n) is 17.6. The first kappa shape index (κ1) is 15.8. The Balaban J connectivity index is 2.04. The van der Waals surface area contributed by atoms with Crippen LogP contribution in [0.1, 0.15) is 57.2 Å². The summed E-state index contributed by atoms with van der Waals surface area (Å²) in [5, 5.41) is 0. The lowest BCUT2D eigenvalue weighted by Crippen LogP contribution is -2.31. The molecule has 0 spiro atoms. The highest BCUT2D eigenvalue weighted by Gasteiger charge is 2.39. The van der Waals surface area contributed by atoms with Crippen molar-refractivity contribution in [3.63, 3.8) is 0 Å². The number of nitrogens with zero attached hydrogens (tertiary/aromatic N) is 1. The molecule has 0 atom stereocenters. The molecule has 3 aromatic rings. The Labute approximate surface area is 158 Å². The van der Waals surface area contributed by atoms with Gasteiger partial charge in [0, 0.05) is 18.9 Å². The van der Waals surface area contributed by atoms with Crippen molar-refractivity contribution in [1.82, 2.24) is 0 Å². The molecule has 0 N–H and O–H groups in total.